The van der Waals surface area contributed by atoms with Gasteiger partial charge in [0.05, 0.1) is 17.0 Å². The Balaban J connectivity index is 2.06. The number of aryl methyl sites for hydroxylation is 1. The lowest BCUT2D eigenvalue weighted by molar-refractivity contribution is 0.591. The lowest BCUT2D eigenvalue weighted by atomic mass is 10.0. The molecule has 4 nitrogen and oxygen atoms in total. The first kappa shape index (κ1) is 17.5. The molecule has 0 heterocycles. The summed E-state index contributed by atoms with van der Waals surface area (Å²) in [6.45, 7) is 2.02. The Labute approximate surface area is 152 Å². The standard InChI is InChI=1S/C19H15ClN2O2S/c1-2-13-3-5-14(6-4-13)17-18(19(17,11-21)12-22)25(23,24)16-9-7-15(20)8-10-16/h3-10,17-18H,2H2,1H3. The predicted molar refractivity (Wildman–Crippen MR) is 94.6 cm³/mol. The van der Waals surface area contributed by atoms with Crippen LogP contribution in [0.25, 0.3) is 0 Å². The minimum atomic E-state index is -3.83. The van der Waals surface area contributed by atoms with Crippen LogP contribution >= 0.6 is 11.6 Å². The molecule has 3 rings (SSSR count). The maximum atomic E-state index is 13.0. The van der Waals surface area contributed by atoms with Gasteiger partial charge in [0, 0.05) is 10.9 Å². The minimum absolute atomic E-state index is 0.0736. The van der Waals surface area contributed by atoms with Gasteiger partial charge in [0.15, 0.2) is 15.3 Å². The van der Waals surface area contributed by atoms with Crippen LogP contribution in [0.15, 0.2) is 53.4 Å². The van der Waals surface area contributed by atoms with Gasteiger partial charge in [-0.3, -0.25) is 0 Å². The molecule has 0 aliphatic heterocycles. The molecule has 0 amide bonds. The second kappa shape index (κ2) is 6.19. The molecular formula is C19H15ClN2O2S. The van der Waals surface area contributed by atoms with Crippen molar-refractivity contribution in [2.45, 2.75) is 29.4 Å². The molecule has 0 N–H and O–H groups in total. The van der Waals surface area contributed by atoms with Crippen LogP contribution < -0.4 is 0 Å². The summed E-state index contributed by atoms with van der Waals surface area (Å²) < 4.78 is 26.0. The Hall–Kier alpha value is -2.34. The predicted octanol–water partition coefficient (Wildman–Crippen LogP) is 3.88. The first-order valence-electron chi connectivity index (χ1n) is 7.81. The maximum absolute atomic E-state index is 13.0. The number of rotatable bonds is 4. The van der Waals surface area contributed by atoms with Crippen molar-refractivity contribution in [2.24, 2.45) is 5.41 Å². The van der Waals surface area contributed by atoms with E-state index in [-0.39, 0.29) is 4.90 Å². The molecule has 1 saturated carbocycles. The van der Waals surface area contributed by atoms with Gasteiger partial charge in [0.25, 0.3) is 0 Å². The Morgan fingerprint density at radius 2 is 1.60 bits per heavy atom. The largest absolute Gasteiger partial charge is 0.223 e. The number of sulfone groups is 1. The second-order valence-corrected chi connectivity index (χ2v) is 8.59. The molecule has 2 atom stereocenters. The number of nitriles is 2. The van der Waals surface area contributed by atoms with Crippen molar-refractivity contribution in [2.75, 3.05) is 0 Å². The molecule has 1 fully saturated rings. The molecule has 2 unspecified atom stereocenters. The highest BCUT2D eigenvalue weighted by Gasteiger charge is 2.73. The summed E-state index contributed by atoms with van der Waals surface area (Å²) in [5, 5.41) is 18.5. The monoisotopic (exact) mass is 370 g/mol. The third kappa shape index (κ3) is 2.70. The summed E-state index contributed by atoms with van der Waals surface area (Å²) >= 11 is 5.82. The smallest absolute Gasteiger partial charge is 0.184 e. The lowest BCUT2D eigenvalue weighted by Crippen LogP contribution is -2.14. The van der Waals surface area contributed by atoms with E-state index in [4.69, 9.17) is 11.6 Å². The van der Waals surface area contributed by atoms with E-state index in [1.165, 1.54) is 24.3 Å². The van der Waals surface area contributed by atoms with Crippen LogP contribution in [-0.2, 0) is 16.3 Å². The first-order chi connectivity index (χ1) is 11.9. The fourth-order valence-corrected chi connectivity index (χ4v) is 5.57. The highest BCUT2D eigenvalue weighted by atomic mass is 35.5. The fourth-order valence-electron chi connectivity index (χ4n) is 3.24. The molecular weight excluding hydrogens is 356 g/mol. The molecule has 2 aromatic carbocycles. The summed E-state index contributed by atoms with van der Waals surface area (Å²) in [5.74, 6) is -0.658. The maximum Gasteiger partial charge on any atom is 0.184 e. The summed E-state index contributed by atoms with van der Waals surface area (Å²) in [5.41, 5.74) is 0.246. The van der Waals surface area contributed by atoms with E-state index in [9.17, 15) is 18.9 Å². The van der Waals surface area contributed by atoms with E-state index in [1.807, 2.05) is 43.3 Å². The summed E-state index contributed by atoms with van der Waals surface area (Å²) in [6.07, 6.45) is 0.860. The summed E-state index contributed by atoms with van der Waals surface area (Å²) in [4.78, 5) is 0.0736. The molecule has 2 aromatic rings. The highest BCUT2D eigenvalue weighted by molar-refractivity contribution is 7.92. The normalized spacial score (nSPS) is 21.1. The molecule has 25 heavy (non-hydrogen) atoms. The quantitative estimate of drug-likeness (QED) is 0.817. The number of nitrogens with zero attached hydrogens (tertiary/aromatic N) is 2. The molecule has 1 aliphatic carbocycles. The summed E-state index contributed by atoms with van der Waals surface area (Å²) in [6, 6.07) is 17.1. The number of benzene rings is 2. The Morgan fingerprint density at radius 1 is 1.04 bits per heavy atom. The van der Waals surface area contributed by atoms with Crippen molar-refractivity contribution in [3.05, 3.63) is 64.7 Å². The van der Waals surface area contributed by atoms with Crippen molar-refractivity contribution >= 4 is 21.4 Å². The Morgan fingerprint density at radius 3 is 2.08 bits per heavy atom. The van der Waals surface area contributed by atoms with E-state index >= 15 is 0 Å². The number of hydrogen-bond acceptors (Lipinski definition) is 4. The molecule has 126 valence electrons. The van der Waals surface area contributed by atoms with Gasteiger partial charge in [-0.2, -0.15) is 10.5 Å². The van der Waals surface area contributed by atoms with Crippen molar-refractivity contribution in [3.8, 4) is 12.1 Å². The van der Waals surface area contributed by atoms with E-state index in [0.717, 1.165) is 12.0 Å². The molecule has 0 bridgehead atoms. The van der Waals surface area contributed by atoms with Gasteiger partial charge in [0.2, 0.25) is 0 Å². The van der Waals surface area contributed by atoms with Crippen molar-refractivity contribution in [3.63, 3.8) is 0 Å². The van der Waals surface area contributed by atoms with Gasteiger partial charge in [-0.15, -0.1) is 0 Å². The lowest BCUT2D eigenvalue weighted by Gasteiger charge is -2.04. The molecule has 0 spiro atoms. The van der Waals surface area contributed by atoms with E-state index in [0.29, 0.717) is 10.6 Å². The topological polar surface area (TPSA) is 81.7 Å². The third-order valence-corrected chi connectivity index (χ3v) is 7.22. The first-order valence-corrected chi connectivity index (χ1v) is 9.74. The van der Waals surface area contributed by atoms with E-state index in [2.05, 4.69) is 0 Å². The van der Waals surface area contributed by atoms with Gasteiger partial charge in [-0.05, 0) is 41.8 Å². The van der Waals surface area contributed by atoms with Crippen molar-refractivity contribution in [1.82, 2.24) is 0 Å². The highest BCUT2D eigenvalue weighted by Crippen LogP contribution is 2.63. The van der Waals surface area contributed by atoms with Gasteiger partial charge in [-0.25, -0.2) is 8.42 Å². The molecule has 0 radical (unpaired) electrons. The fraction of sp³-hybridized carbons (Fsp3) is 0.263. The van der Waals surface area contributed by atoms with Crippen LogP contribution in [0.3, 0.4) is 0 Å². The van der Waals surface area contributed by atoms with Crippen LogP contribution in [0, 0.1) is 28.1 Å². The van der Waals surface area contributed by atoms with Crippen LogP contribution in [0.4, 0.5) is 0 Å². The van der Waals surface area contributed by atoms with E-state index in [1.54, 1.807) is 0 Å². The zero-order chi connectivity index (χ0) is 18.2. The summed E-state index contributed by atoms with van der Waals surface area (Å²) in [7, 11) is -3.83. The van der Waals surface area contributed by atoms with Crippen molar-refractivity contribution in [1.29, 1.82) is 10.5 Å². The zero-order valence-electron chi connectivity index (χ0n) is 13.5. The average molecular weight is 371 g/mol. The van der Waals surface area contributed by atoms with Crippen LogP contribution in [0.1, 0.15) is 24.0 Å². The minimum Gasteiger partial charge on any atom is -0.223 e. The van der Waals surface area contributed by atoms with Crippen LogP contribution in [0.2, 0.25) is 5.02 Å². The SMILES string of the molecule is CCc1ccc(C2C(S(=O)(=O)c3ccc(Cl)cc3)C2(C#N)C#N)cc1. The zero-order valence-corrected chi connectivity index (χ0v) is 15.1. The van der Waals surface area contributed by atoms with Gasteiger partial charge < -0.3 is 0 Å². The van der Waals surface area contributed by atoms with Crippen molar-refractivity contribution < 1.29 is 8.42 Å². The van der Waals surface area contributed by atoms with Crippen LogP contribution in [0.5, 0.6) is 0 Å². The van der Waals surface area contributed by atoms with E-state index < -0.39 is 26.4 Å². The van der Waals surface area contributed by atoms with Gasteiger partial charge in [0.1, 0.15) is 5.25 Å². The number of hydrogen-bond donors (Lipinski definition) is 0. The van der Waals surface area contributed by atoms with Gasteiger partial charge >= 0.3 is 0 Å². The Kier molecular flexibility index (Phi) is 4.33. The molecule has 6 heteroatoms. The van der Waals surface area contributed by atoms with Crippen LogP contribution in [-0.4, -0.2) is 13.7 Å². The second-order valence-electron chi connectivity index (χ2n) is 6.08. The number of halogens is 1. The molecule has 0 saturated heterocycles. The Bertz CT molecular complexity index is 970. The average Bonchev–Trinajstić information content (AvgIpc) is 3.33. The third-order valence-electron chi connectivity index (χ3n) is 4.73. The molecule has 1 aliphatic rings. The molecule has 0 aromatic heterocycles. The van der Waals surface area contributed by atoms with Gasteiger partial charge in [-0.1, -0.05) is 42.8 Å².